The van der Waals surface area contributed by atoms with E-state index in [0.717, 1.165) is 5.56 Å². The average Bonchev–Trinajstić information content (AvgIpc) is 3.53. The van der Waals surface area contributed by atoms with Gasteiger partial charge in [0.1, 0.15) is 6.04 Å². The van der Waals surface area contributed by atoms with Crippen molar-refractivity contribution >= 4 is 34.8 Å². The third-order valence-electron chi connectivity index (χ3n) is 6.39. The van der Waals surface area contributed by atoms with E-state index < -0.39 is 36.0 Å². The van der Waals surface area contributed by atoms with Gasteiger partial charge in [0.05, 0.1) is 22.5 Å². The van der Waals surface area contributed by atoms with Crippen LogP contribution in [-0.4, -0.2) is 57.0 Å². The molecule has 0 spiro atoms. The van der Waals surface area contributed by atoms with Crippen LogP contribution < -0.4 is 15.4 Å². The molecule has 4 rings (SSSR count). The molecule has 0 aliphatic heterocycles. The van der Waals surface area contributed by atoms with Gasteiger partial charge in [-0.3, -0.25) is 9.59 Å². The number of aromatic nitrogens is 2. The number of amides is 2. The number of aliphatic hydroxyl groups is 2. The Morgan fingerprint density at radius 3 is 2.30 bits per heavy atom. The monoisotopic (exact) mass is 626 g/mol. The number of hydrogen-bond acceptors (Lipinski definition) is 8. The minimum Gasteiger partial charge on any atom is -0.490 e. The Labute approximate surface area is 257 Å². The Morgan fingerprint density at radius 2 is 1.70 bits per heavy atom. The zero-order valence-electron chi connectivity index (χ0n) is 23.8. The Morgan fingerprint density at radius 1 is 1.00 bits per heavy atom. The van der Waals surface area contributed by atoms with Crippen molar-refractivity contribution in [3.63, 3.8) is 0 Å². The predicted octanol–water partition coefficient (Wildman–Crippen LogP) is 4.86. The fraction of sp³-hybridized carbons (Fsp3) is 0.290. The van der Waals surface area contributed by atoms with Gasteiger partial charge in [0.25, 0.3) is 5.91 Å². The summed E-state index contributed by atoms with van der Waals surface area (Å²) in [4.78, 5) is 35.0. The molecule has 0 aliphatic rings. The first-order valence-corrected chi connectivity index (χ1v) is 14.8. The fourth-order valence-electron chi connectivity index (χ4n) is 3.99. The zero-order chi connectivity index (χ0) is 31.1. The van der Waals surface area contributed by atoms with Crippen LogP contribution in [0.4, 0.5) is 4.39 Å². The maximum Gasteiger partial charge on any atom is 0.262 e. The lowest BCUT2D eigenvalue weighted by Crippen LogP contribution is -2.52. The largest absolute Gasteiger partial charge is 0.490 e. The topological polar surface area (TPSA) is 134 Å². The average molecular weight is 627 g/mol. The molecule has 2 atom stereocenters. The maximum atomic E-state index is 14.5. The number of carbonyl (C=O) groups excluding carboxylic acids is 2. The van der Waals surface area contributed by atoms with Gasteiger partial charge in [-0.25, -0.2) is 14.4 Å². The molecule has 0 saturated carbocycles. The Bertz CT molecular complexity index is 1530. The normalized spacial score (nSPS) is 12.7. The second kappa shape index (κ2) is 14.5. The van der Waals surface area contributed by atoms with Crippen molar-refractivity contribution in [3.8, 4) is 28.3 Å². The summed E-state index contributed by atoms with van der Waals surface area (Å²) in [7, 11) is 0. The minimum absolute atomic E-state index is 0.0588. The van der Waals surface area contributed by atoms with E-state index >= 15 is 0 Å². The van der Waals surface area contributed by atoms with E-state index in [1.807, 2.05) is 13.8 Å². The second-order valence-corrected chi connectivity index (χ2v) is 11.7. The Kier molecular flexibility index (Phi) is 10.8. The SMILES string of the molecule is CC(C)COc1cc(-c2cnc(-c3ccc(CC(NC(=O)c4cccs4)C(=O)NC(C)C(O)O)cc3)nc2)cc(Cl)c1F. The standard InChI is InChI=1S/C31H32ClFN4O5S/c1-17(2)16-42-25-13-21(12-23(32)27(25)33)22-14-34-28(35-15-22)20-8-6-19(7-9-20)11-24(29(38)36-18(3)31(40)41)37-30(39)26-5-4-10-43-26/h4-10,12-15,17-18,24,31,40-41H,11,16H2,1-3H3,(H,36,38)(H,37,39). The number of benzene rings is 2. The molecule has 43 heavy (non-hydrogen) atoms. The molecule has 0 radical (unpaired) electrons. The minimum atomic E-state index is -1.75. The number of aliphatic hydroxyl groups excluding tert-OH is 1. The van der Waals surface area contributed by atoms with Crippen LogP contribution in [0.25, 0.3) is 22.5 Å². The molecule has 0 fully saturated rings. The first kappa shape index (κ1) is 32.0. The summed E-state index contributed by atoms with van der Waals surface area (Å²) in [5.41, 5.74) is 2.71. The third-order valence-corrected chi connectivity index (χ3v) is 7.53. The molecule has 2 heterocycles. The van der Waals surface area contributed by atoms with Crippen LogP contribution in [0.2, 0.25) is 5.02 Å². The molecular weight excluding hydrogens is 595 g/mol. The lowest BCUT2D eigenvalue weighted by molar-refractivity contribution is -0.128. The molecule has 0 aliphatic carbocycles. The number of thiophene rings is 1. The van der Waals surface area contributed by atoms with Gasteiger partial charge in [0.2, 0.25) is 5.91 Å². The molecule has 0 saturated heterocycles. The van der Waals surface area contributed by atoms with Crippen LogP contribution in [0.5, 0.6) is 5.75 Å². The van der Waals surface area contributed by atoms with Crippen LogP contribution in [0.15, 0.2) is 66.3 Å². The molecule has 12 heteroatoms. The highest BCUT2D eigenvalue weighted by molar-refractivity contribution is 7.12. The van der Waals surface area contributed by atoms with Crippen molar-refractivity contribution in [1.29, 1.82) is 0 Å². The lowest BCUT2D eigenvalue weighted by atomic mass is 10.0. The summed E-state index contributed by atoms with van der Waals surface area (Å²) in [6.45, 7) is 5.73. The number of nitrogens with zero attached hydrogens (tertiary/aromatic N) is 2. The van der Waals surface area contributed by atoms with Crippen LogP contribution >= 0.6 is 22.9 Å². The van der Waals surface area contributed by atoms with Gasteiger partial charge in [0, 0.05) is 29.9 Å². The Balaban J connectivity index is 1.49. The van der Waals surface area contributed by atoms with E-state index in [9.17, 15) is 24.2 Å². The van der Waals surface area contributed by atoms with Crippen LogP contribution in [0.1, 0.15) is 36.0 Å². The molecule has 0 bridgehead atoms. The zero-order valence-corrected chi connectivity index (χ0v) is 25.3. The summed E-state index contributed by atoms with van der Waals surface area (Å²) in [6.07, 6.45) is 1.64. The van der Waals surface area contributed by atoms with Gasteiger partial charge in [-0.15, -0.1) is 11.3 Å². The van der Waals surface area contributed by atoms with Crippen LogP contribution in [-0.2, 0) is 11.2 Å². The third kappa shape index (κ3) is 8.57. The van der Waals surface area contributed by atoms with Crippen LogP contribution in [0, 0.1) is 11.7 Å². The van der Waals surface area contributed by atoms with Gasteiger partial charge >= 0.3 is 0 Å². The first-order valence-electron chi connectivity index (χ1n) is 13.6. The van der Waals surface area contributed by atoms with Crippen molar-refractivity contribution in [2.75, 3.05) is 6.61 Å². The maximum absolute atomic E-state index is 14.5. The van der Waals surface area contributed by atoms with E-state index in [4.69, 9.17) is 16.3 Å². The van der Waals surface area contributed by atoms with Crippen molar-refractivity contribution in [1.82, 2.24) is 20.6 Å². The first-order chi connectivity index (χ1) is 20.5. The van der Waals surface area contributed by atoms with E-state index in [2.05, 4.69) is 20.6 Å². The van der Waals surface area contributed by atoms with Gasteiger partial charge < -0.3 is 25.6 Å². The molecule has 9 nitrogen and oxygen atoms in total. The van der Waals surface area contributed by atoms with Crippen molar-refractivity contribution in [2.45, 2.75) is 45.6 Å². The molecule has 2 amide bonds. The molecule has 4 aromatic rings. The number of halogens is 2. The van der Waals surface area contributed by atoms with Crippen LogP contribution in [0.3, 0.4) is 0 Å². The molecule has 2 unspecified atom stereocenters. The van der Waals surface area contributed by atoms with E-state index in [0.29, 0.717) is 34.0 Å². The van der Waals surface area contributed by atoms with Gasteiger partial charge in [-0.05, 0) is 47.5 Å². The lowest BCUT2D eigenvalue weighted by Gasteiger charge is -2.22. The summed E-state index contributed by atoms with van der Waals surface area (Å²) in [5, 5.41) is 25.7. The van der Waals surface area contributed by atoms with E-state index in [1.165, 1.54) is 24.3 Å². The highest BCUT2D eigenvalue weighted by Gasteiger charge is 2.25. The predicted molar refractivity (Wildman–Crippen MR) is 163 cm³/mol. The van der Waals surface area contributed by atoms with Crippen molar-refractivity contribution in [3.05, 3.63) is 87.6 Å². The van der Waals surface area contributed by atoms with Gasteiger partial charge in [-0.1, -0.05) is 55.8 Å². The van der Waals surface area contributed by atoms with Gasteiger partial charge in [0.15, 0.2) is 23.7 Å². The van der Waals surface area contributed by atoms with Crippen molar-refractivity contribution in [2.24, 2.45) is 5.92 Å². The number of hydrogen-bond donors (Lipinski definition) is 4. The summed E-state index contributed by atoms with van der Waals surface area (Å²) < 4.78 is 20.0. The summed E-state index contributed by atoms with van der Waals surface area (Å²) in [5.74, 6) is -0.837. The molecule has 4 N–H and O–H groups in total. The number of nitrogens with one attached hydrogen (secondary N) is 2. The second-order valence-electron chi connectivity index (χ2n) is 10.4. The number of carbonyl (C=O) groups is 2. The van der Waals surface area contributed by atoms with E-state index in [-0.39, 0.29) is 23.1 Å². The Hall–Kier alpha value is -3.90. The summed E-state index contributed by atoms with van der Waals surface area (Å²) >= 11 is 7.35. The number of rotatable bonds is 12. The van der Waals surface area contributed by atoms with Gasteiger partial charge in [-0.2, -0.15) is 0 Å². The highest BCUT2D eigenvalue weighted by atomic mass is 35.5. The van der Waals surface area contributed by atoms with Crippen molar-refractivity contribution < 1.29 is 28.9 Å². The smallest absolute Gasteiger partial charge is 0.262 e. The molecule has 2 aromatic carbocycles. The molecule has 226 valence electrons. The number of ether oxygens (including phenoxy) is 1. The fourth-order valence-corrected chi connectivity index (χ4v) is 4.83. The highest BCUT2D eigenvalue weighted by Crippen LogP contribution is 2.32. The summed E-state index contributed by atoms with van der Waals surface area (Å²) in [6, 6.07) is 11.8. The van der Waals surface area contributed by atoms with E-state index in [1.54, 1.807) is 60.2 Å². The molecule has 2 aromatic heterocycles. The quantitative estimate of drug-likeness (QED) is 0.165. The molecular formula is C31H32ClFN4O5S.